The van der Waals surface area contributed by atoms with Crippen LogP contribution in [-0.4, -0.2) is 163 Å². The van der Waals surface area contributed by atoms with E-state index in [9.17, 15) is 9.59 Å². The van der Waals surface area contributed by atoms with Gasteiger partial charge in [-0.25, -0.2) is 0 Å². The molecule has 90 heavy (non-hydrogen) atoms. The van der Waals surface area contributed by atoms with E-state index in [0.29, 0.717) is 25.9 Å². The summed E-state index contributed by atoms with van der Waals surface area (Å²) in [6, 6.07) is 55.5. The van der Waals surface area contributed by atoms with Crippen molar-refractivity contribution in [3.8, 4) is 22.3 Å². The van der Waals surface area contributed by atoms with E-state index in [0.717, 1.165) is 54.3 Å². The van der Waals surface area contributed by atoms with Gasteiger partial charge in [0.1, 0.15) is 45.8 Å². The van der Waals surface area contributed by atoms with Crippen molar-refractivity contribution >= 4 is 65.7 Å². The quantitative estimate of drug-likeness (QED) is 0.00578. The fourth-order valence-electron chi connectivity index (χ4n) is 13.5. The fraction of sp³-hybridized carbons (Fsp3) is 0.465. The van der Waals surface area contributed by atoms with Gasteiger partial charge in [-0.2, -0.15) is 0 Å². The molecule has 6 atom stereocenters. The minimum absolute atomic E-state index is 0. The molecule has 6 aromatic carbocycles. The molecule has 6 heterocycles. The molecule has 472 valence electrons. The van der Waals surface area contributed by atoms with Gasteiger partial charge in [-0.05, 0) is 112 Å². The molecule has 4 radical (unpaired) electrons. The van der Waals surface area contributed by atoms with Gasteiger partial charge in [0.05, 0.1) is 44.6 Å². The zero-order valence-electron chi connectivity index (χ0n) is 52.8. The molecule has 6 aliphatic heterocycles. The number of hydrogen-bond acceptors (Lipinski definition) is 7. The van der Waals surface area contributed by atoms with E-state index in [2.05, 4.69) is 183 Å². The molecule has 2 unspecified atom stereocenters. The third-order valence-electron chi connectivity index (χ3n) is 19.0. The molecular weight excluding hydrogens is 1270 g/mol. The Kier molecular flexibility index (Phi) is 28.8. The average Bonchev–Trinajstić information content (AvgIpc) is 0.954. The highest BCUT2D eigenvalue weighted by Gasteiger charge is 2.48. The van der Waals surface area contributed by atoms with E-state index >= 15 is 0 Å². The van der Waals surface area contributed by atoms with Gasteiger partial charge in [0, 0.05) is 81.4 Å². The van der Waals surface area contributed by atoms with Crippen molar-refractivity contribution in [2.75, 3.05) is 118 Å². The molecule has 6 fully saturated rings. The van der Waals surface area contributed by atoms with Gasteiger partial charge >= 0.3 is 11.9 Å². The summed E-state index contributed by atoms with van der Waals surface area (Å²) in [6.45, 7) is 27.6. The monoisotopic (exact) mass is 1360 g/mol. The van der Waals surface area contributed by atoms with Crippen LogP contribution in [0.25, 0.3) is 43.1 Å². The molecule has 0 saturated carbocycles. The molecule has 0 aromatic heterocycles. The smallest absolute Gasteiger partial charge is 0.311 e. The summed E-state index contributed by atoms with van der Waals surface area (Å²) in [5.41, 5.74) is 29.0. The van der Waals surface area contributed by atoms with Crippen molar-refractivity contribution in [3.63, 3.8) is 0 Å². The number of rotatable bonds is 27. The molecule has 6 aliphatic rings. The van der Waals surface area contributed by atoms with E-state index in [1.54, 1.807) is 13.3 Å². The van der Waals surface area contributed by atoms with E-state index in [1.165, 1.54) is 143 Å². The zero-order valence-corrected chi connectivity index (χ0v) is 56.8. The maximum atomic E-state index is 13.0. The summed E-state index contributed by atoms with van der Waals surface area (Å²) in [7, 11) is 9.19. The van der Waals surface area contributed by atoms with Crippen LogP contribution in [0.1, 0.15) is 67.5 Å². The predicted molar refractivity (Wildman–Crippen MR) is 382 cm³/mol. The van der Waals surface area contributed by atoms with Crippen LogP contribution in [0.15, 0.2) is 168 Å². The number of fused-ring (bicyclic) bond motifs is 6. The van der Waals surface area contributed by atoms with Crippen LogP contribution < -0.4 is 0 Å². The number of halogens is 1. The van der Waals surface area contributed by atoms with Gasteiger partial charge in [0.15, 0.2) is 15.1 Å². The molecule has 19 heteroatoms. The lowest BCUT2D eigenvalue weighted by Gasteiger charge is -2.55. The summed E-state index contributed by atoms with van der Waals surface area (Å²) in [4.78, 5) is 34.0. The minimum Gasteiger partial charge on any atom is -0.457 e. The molecule has 12 rings (SSSR count). The van der Waals surface area contributed by atoms with Crippen LogP contribution in [-0.2, 0) is 55.3 Å². The molecule has 6 saturated heterocycles. The Bertz CT molecular complexity index is 3210. The summed E-state index contributed by atoms with van der Waals surface area (Å²) < 4.78 is 15.7. The van der Waals surface area contributed by atoms with Gasteiger partial charge in [-0.1, -0.05) is 212 Å². The van der Waals surface area contributed by atoms with Crippen molar-refractivity contribution < 1.29 is 32.1 Å². The average molecular weight is 1360 g/mol. The number of alkyl halides is 1. The highest BCUT2D eigenvalue weighted by atomic mass is 127. The third kappa shape index (κ3) is 21.8. The summed E-state index contributed by atoms with van der Waals surface area (Å²) in [6.07, 6.45) is 4.95. The predicted octanol–water partition coefficient (Wildman–Crippen LogP) is 15.4. The van der Waals surface area contributed by atoms with E-state index in [4.69, 9.17) is 35.2 Å². The van der Waals surface area contributed by atoms with Crippen molar-refractivity contribution in [2.24, 2.45) is 33.9 Å². The fourth-order valence-corrected chi connectivity index (χ4v) is 14.8. The zero-order chi connectivity index (χ0) is 63.1. The van der Waals surface area contributed by atoms with Gasteiger partial charge in [0.25, 0.3) is 0 Å². The molecule has 14 nitrogen and oxygen atoms in total. The van der Waals surface area contributed by atoms with Gasteiger partial charge in [0.2, 0.25) is 0 Å². The Morgan fingerprint density at radius 1 is 0.500 bits per heavy atom. The highest BCUT2D eigenvalue weighted by Crippen LogP contribution is 2.35. The number of benzene rings is 6. The minimum atomic E-state index is -1.24. The van der Waals surface area contributed by atoms with Crippen molar-refractivity contribution in [2.45, 2.75) is 70.8 Å². The maximum Gasteiger partial charge on any atom is 0.311 e. The third-order valence-corrected chi connectivity index (χ3v) is 20.9. The van der Waals surface area contributed by atoms with Crippen LogP contribution >= 0.6 is 38.6 Å². The van der Waals surface area contributed by atoms with E-state index < -0.39 is 16.1 Å². The number of piperazine rings is 6. The number of nitrogens with zero attached hydrogens (tertiary/aromatic N) is 10. The lowest BCUT2D eigenvalue weighted by molar-refractivity contribution is -1.09. The second-order valence-corrected chi connectivity index (χ2v) is 28.7. The molecule has 0 spiro atoms. The van der Waals surface area contributed by atoms with Crippen LogP contribution in [0.4, 0.5) is 0 Å². The largest absolute Gasteiger partial charge is 0.457 e. The highest BCUT2D eigenvalue weighted by molar-refractivity contribution is 14.1. The lowest BCUT2D eigenvalue weighted by atomic mass is 9.84. The number of azide groups is 2. The summed E-state index contributed by atoms with van der Waals surface area (Å²) in [5, 5.41) is 7.32. The first kappa shape index (κ1) is 71.9. The van der Waals surface area contributed by atoms with Crippen LogP contribution in [0.5, 0.6) is 0 Å². The molecular formula is C71H94B2IN10O4P2+3. The number of carbonyl (C=O) groups is 2. The van der Waals surface area contributed by atoms with Crippen molar-refractivity contribution in [1.29, 1.82) is 0 Å². The second kappa shape index (κ2) is 36.0. The Morgan fingerprint density at radius 2 is 0.822 bits per heavy atom. The molecule has 6 aromatic rings. The van der Waals surface area contributed by atoms with Gasteiger partial charge < -0.3 is 22.5 Å². The summed E-state index contributed by atoms with van der Waals surface area (Å²) in [5.74, 6) is -0.618. The number of hydrogen-bond donors (Lipinski definition) is 0. The molecule has 0 N–H and O–H groups in total. The van der Waals surface area contributed by atoms with Gasteiger partial charge in [-0.15, -0.1) is 0 Å². The second-order valence-electron chi connectivity index (χ2n) is 25.4. The molecule has 4 bridgehead atoms. The Morgan fingerprint density at radius 3 is 1.17 bits per heavy atom. The SMILES string of the molecule is C.[B]P(C)OC(=O)[C@@H](Cc1ccccc1)[C@@H](C)Cc1ccc(-c2ccc(CI)cc2)cc1.[B]P(C)OC(=O)[C@@H](Cc1ccccc1)[C@@H](C)Cc1ccc(-c2ccc(C[N+]34CC[N+](CCCN=[N+]=[N-])(CC3)CC4)cc2)cc1.[N-]=[N+]=NCCC[N+]12CCN(CC1)CC2. The maximum absolute atomic E-state index is 13.0. The van der Waals surface area contributed by atoms with Crippen molar-refractivity contribution in [3.05, 3.63) is 212 Å². The molecule has 0 aliphatic carbocycles. The van der Waals surface area contributed by atoms with E-state index in [1.807, 2.05) is 36.4 Å². The van der Waals surface area contributed by atoms with Crippen LogP contribution in [0, 0.1) is 23.7 Å². The first-order valence-corrected chi connectivity index (χ1v) is 36.9. The topological polar surface area (TPSA) is 153 Å². The van der Waals surface area contributed by atoms with Gasteiger partial charge in [-0.3, -0.25) is 14.5 Å². The number of carbonyl (C=O) groups excluding carboxylic acids is 2. The molecule has 0 amide bonds. The van der Waals surface area contributed by atoms with Crippen LogP contribution in [0.2, 0.25) is 0 Å². The Hall–Kier alpha value is -5.56. The Balaban J connectivity index is 0.000000216. The summed E-state index contributed by atoms with van der Waals surface area (Å²) >= 11 is 2.38. The standard InChI is InChI=1S/C35H45BN5O2P.C26H27BIO2P.C9H18N5.CH4/c1-28(34(35(42)43-44(2)36)26-29-7-4-3-5-8-29)25-30-9-13-32(14-10-30)33-15-11-31(12-16-33)27-41-22-19-40(20-23-41,21-24-41)18-6-17-38-39-37;1-19(25(26(29)30-31(2)27)17-20-6-4-3-5-7-20)16-21-8-12-23(13-9-21)24-14-10-22(18-28)11-15-24;10-12-11-2-1-6-14-7-3-13(4-8-14)5-9-14;/h3-5,7-16,28,34H,6,17-27H2,1-2H3;3-15,19,25H,16-18H2,1-2H3;1-9H2;1H4/q+2;;+1;/t28-,34-,40?,41?,44?;19-,25-,31?;;/m00../s1. The van der Waals surface area contributed by atoms with Crippen molar-refractivity contribution in [1.82, 2.24) is 4.90 Å². The first-order valence-electron chi connectivity index (χ1n) is 31.8. The van der Waals surface area contributed by atoms with Crippen LogP contribution in [0.3, 0.4) is 0 Å². The number of quaternary nitrogens is 3. The normalized spacial score (nSPS) is 21.5. The lowest BCUT2D eigenvalue weighted by Crippen LogP contribution is -2.74. The Labute approximate surface area is 556 Å². The first-order chi connectivity index (χ1) is 43.1. The van der Waals surface area contributed by atoms with E-state index in [-0.39, 0.29) is 43.0 Å².